The average molecular weight is 581 g/mol. The first-order chi connectivity index (χ1) is 18.7. The van der Waals surface area contributed by atoms with E-state index in [0.717, 1.165) is 50.8 Å². The molecule has 0 spiro atoms. The SMILES string of the molecule is CCC.CCCCCOONC(=O)C1(SN2CCC(OCc3ccc(OC(F)(F)F)cc3)CC2)CCOCC1. The van der Waals surface area contributed by atoms with Crippen LogP contribution in [0.1, 0.15) is 77.7 Å². The highest BCUT2D eigenvalue weighted by Crippen LogP contribution is 2.39. The second-order valence-electron chi connectivity index (χ2n) is 9.58. The molecule has 0 aliphatic carbocycles. The Bertz CT molecular complexity index is 802. The van der Waals surface area contributed by atoms with Crippen molar-refractivity contribution in [2.24, 2.45) is 0 Å². The maximum Gasteiger partial charge on any atom is 0.573 e. The minimum absolute atomic E-state index is 0.0345. The van der Waals surface area contributed by atoms with Crippen molar-refractivity contribution in [1.29, 1.82) is 0 Å². The van der Waals surface area contributed by atoms with Gasteiger partial charge in [-0.25, -0.2) is 14.7 Å². The summed E-state index contributed by atoms with van der Waals surface area (Å²) in [6.07, 6.45) is 2.29. The van der Waals surface area contributed by atoms with Gasteiger partial charge in [-0.15, -0.1) is 18.2 Å². The monoisotopic (exact) mass is 580 g/mol. The molecule has 2 saturated heterocycles. The molecule has 0 aromatic heterocycles. The van der Waals surface area contributed by atoms with Crippen molar-refractivity contribution in [1.82, 2.24) is 9.79 Å². The van der Waals surface area contributed by atoms with Crippen molar-refractivity contribution in [3.8, 4) is 5.75 Å². The van der Waals surface area contributed by atoms with Crippen molar-refractivity contribution in [3.05, 3.63) is 29.8 Å². The standard InChI is InChI=1S/C24H35F3N2O6S.C3H8/c1-2-3-4-15-33-35-28-22(30)23(11-16-31-17-12-23)36-29-13-9-20(10-14-29)32-18-19-5-7-21(8-6-19)34-24(25,26)27;1-3-2/h5-8,20H,2-4,9-18H2,1H3,(H,28,30);3H2,1-2H3. The van der Waals surface area contributed by atoms with Crippen LogP contribution < -0.4 is 10.2 Å². The van der Waals surface area contributed by atoms with Gasteiger partial charge in [0.25, 0.3) is 5.91 Å². The van der Waals surface area contributed by atoms with E-state index < -0.39 is 11.1 Å². The van der Waals surface area contributed by atoms with Gasteiger partial charge in [0.15, 0.2) is 0 Å². The topological polar surface area (TPSA) is 78.5 Å². The molecule has 1 aromatic carbocycles. The van der Waals surface area contributed by atoms with Crippen LogP contribution in [0.15, 0.2) is 24.3 Å². The van der Waals surface area contributed by atoms with Crippen molar-refractivity contribution >= 4 is 17.9 Å². The van der Waals surface area contributed by atoms with Gasteiger partial charge >= 0.3 is 6.36 Å². The lowest BCUT2D eigenvalue weighted by Gasteiger charge is -2.40. The van der Waals surface area contributed by atoms with Crippen LogP contribution >= 0.6 is 11.9 Å². The van der Waals surface area contributed by atoms with Crippen molar-refractivity contribution < 1.29 is 42.1 Å². The number of alkyl halides is 3. The number of halogens is 3. The Morgan fingerprint density at radius 1 is 1.10 bits per heavy atom. The summed E-state index contributed by atoms with van der Waals surface area (Å²) in [5.74, 6) is -0.473. The minimum Gasteiger partial charge on any atom is -0.406 e. The van der Waals surface area contributed by atoms with Crippen molar-refractivity contribution in [2.45, 2.75) is 96.0 Å². The number of ether oxygens (including phenoxy) is 3. The Morgan fingerprint density at radius 3 is 2.33 bits per heavy atom. The zero-order valence-corrected chi connectivity index (χ0v) is 24.0. The minimum atomic E-state index is -4.71. The van der Waals surface area contributed by atoms with Crippen LogP contribution in [-0.4, -0.2) is 60.3 Å². The molecule has 2 fully saturated rings. The Balaban J connectivity index is 0.00000170. The molecule has 12 heteroatoms. The van der Waals surface area contributed by atoms with Gasteiger partial charge in [0, 0.05) is 26.3 Å². The molecule has 2 aliphatic heterocycles. The molecule has 0 unspecified atom stereocenters. The fourth-order valence-electron chi connectivity index (χ4n) is 4.01. The molecule has 8 nitrogen and oxygen atoms in total. The lowest BCUT2D eigenvalue weighted by molar-refractivity contribution is -0.329. The normalized spacial score (nSPS) is 18.2. The summed E-state index contributed by atoms with van der Waals surface area (Å²) in [4.78, 5) is 23.0. The Hall–Kier alpha value is -1.57. The first-order valence-corrected chi connectivity index (χ1v) is 14.6. The summed E-state index contributed by atoms with van der Waals surface area (Å²) in [6, 6.07) is 5.69. The Kier molecular flexibility index (Phi) is 15.5. The number of carbonyl (C=O) groups is 1. The number of hydroxylamine groups is 1. The van der Waals surface area contributed by atoms with E-state index in [4.69, 9.17) is 19.3 Å². The van der Waals surface area contributed by atoms with E-state index >= 15 is 0 Å². The predicted molar refractivity (Wildman–Crippen MR) is 144 cm³/mol. The molecular formula is C27H43F3N2O6S. The van der Waals surface area contributed by atoms with Crippen molar-refractivity contribution in [3.63, 3.8) is 0 Å². The van der Waals surface area contributed by atoms with Gasteiger partial charge in [-0.1, -0.05) is 64.1 Å². The van der Waals surface area contributed by atoms with E-state index in [0.29, 0.717) is 39.3 Å². The van der Waals surface area contributed by atoms with Gasteiger partial charge in [0.1, 0.15) is 10.5 Å². The number of unbranched alkanes of at least 4 members (excludes halogenated alkanes) is 2. The quantitative estimate of drug-likeness (QED) is 0.125. The third-order valence-electron chi connectivity index (χ3n) is 6.09. The predicted octanol–water partition coefficient (Wildman–Crippen LogP) is 6.35. The van der Waals surface area contributed by atoms with E-state index in [-0.39, 0.29) is 17.8 Å². The molecule has 39 heavy (non-hydrogen) atoms. The van der Waals surface area contributed by atoms with Crippen LogP contribution in [0, 0.1) is 0 Å². The van der Waals surface area contributed by atoms with E-state index in [1.165, 1.54) is 30.5 Å². The molecule has 0 bridgehead atoms. The number of rotatable bonds is 13. The zero-order valence-electron chi connectivity index (χ0n) is 23.2. The van der Waals surface area contributed by atoms with Crippen LogP contribution in [-0.2, 0) is 30.8 Å². The summed E-state index contributed by atoms with van der Waals surface area (Å²) < 4.78 is 53.8. The second-order valence-corrected chi connectivity index (χ2v) is 11.1. The molecule has 224 valence electrons. The highest BCUT2D eigenvalue weighted by atomic mass is 32.2. The van der Waals surface area contributed by atoms with Gasteiger partial charge in [0.05, 0.1) is 19.3 Å². The van der Waals surface area contributed by atoms with Crippen LogP contribution in [0.25, 0.3) is 0 Å². The average Bonchev–Trinajstić information content (AvgIpc) is 2.91. The summed E-state index contributed by atoms with van der Waals surface area (Å²) in [6.45, 7) is 9.59. The molecule has 2 aliphatic rings. The number of hydrogen-bond acceptors (Lipinski definition) is 8. The van der Waals surface area contributed by atoms with E-state index in [1.54, 1.807) is 12.1 Å². The fraction of sp³-hybridized carbons (Fsp3) is 0.741. The highest BCUT2D eigenvalue weighted by molar-refractivity contribution is 7.99. The van der Waals surface area contributed by atoms with Crippen molar-refractivity contribution in [2.75, 3.05) is 32.9 Å². The lowest BCUT2D eigenvalue weighted by Crippen LogP contribution is -2.50. The van der Waals surface area contributed by atoms with Crippen LogP contribution in [0.2, 0.25) is 0 Å². The second kappa shape index (κ2) is 18.0. The summed E-state index contributed by atoms with van der Waals surface area (Å²) >= 11 is 1.54. The van der Waals surface area contributed by atoms with Crippen LogP contribution in [0.4, 0.5) is 13.2 Å². The smallest absolute Gasteiger partial charge is 0.406 e. The summed E-state index contributed by atoms with van der Waals surface area (Å²) in [5, 5.41) is 0. The molecule has 1 amide bonds. The number of hydrogen-bond donors (Lipinski definition) is 1. The Labute approximate surface area is 234 Å². The lowest BCUT2D eigenvalue weighted by atomic mass is 9.98. The van der Waals surface area contributed by atoms with E-state index in [1.807, 2.05) is 0 Å². The zero-order chi connectivity index (χ0) is 28.6. The third-order valence-corrected chi connectivity index (χ3v) is 7.65. The van der Waals surface area contributed by atoms with Gasteiger partial charge in [-0.2, -0.15) is 0 Å². The molecule has 3 rings (SSSR count). The number of carbonyl (C=O) groups excluding carboxylic acids is 1. The largest absolute Gasteiger partial charge is 0.573 e. The molecular weight excluding hydrogens is 537 g/mol. The maximum absolute atomic E-state index is 13.0. The maximum atomic E-state index is 13.0. The number of nitrogens with zero attached hydrogens (tertiary/aromatic N) is 1. The number of amides is 1. The molecule has 0 saturated carbocycles. The highest BCUT2D eigenvalue weighted by Gasteiger charge is 2.44. The Morgan fingerprint density at radius 2 is 1.74 bits per heavy atom. The van der Waals surface area contributed by atoms with Crippen LogP contribution in [0.5, 0.6) is 5.75 Å². The van der Waals surface area contributed by atoms with Gasteiger partial charge in [-0.05, 0) is 49.8 Å². The van der Waals surface area contributed by atoms with Gasteiger partial charge in [0.2, 0.25) is 0 Å². The number of nitrogens with one attached hydrogen (secondary N) is 1. The third kappa shape index (κ3) is 13.1. The molecule has 1 N–H and O–H groups in total. The number of piperidine rings is 1. The fourth-order valence-corrected chi connectivity index (χ4v) is 5.37. The molecule has 2 heterocycles. The van der Waals surface area contributed by atoms with E-state index in [9.17, 15) is 18.0 Å². The first-order valence-electron chi connectivity index (χ1n) is 13.8. The summed E-state index contributed by atoms with van der Waals surface area (Å²) in [7, 11) is 0. The molecule has 0 radical (unpaired) electrons. The number of benzene rings is 1. The summed E-state index contributed by atoms with van der Waals surface area (Å²) in [5.41, 5.74) is 3.24. The van der Waals surface area contributed by atoms with Gasteiger partial charge in [-0.3, -0.25) is 4.79 Å². The van der Waals surface area contributed by atoms with E-state index in [2.05, 4.69) is 35.3 Å². The molecule has 0 atom stereocenters. The first kappa shape index (κ1) is 33.6. The van der Waals surface area contributed by atoms with Crippen LogP contribution in [0.3, 0.4) is 0 Å². The van der Waals surface area contributed by atoms with Gasteiger partial charge < -0.3 is 14.2 Å². The molecule has 1 aromatic rings.